The van der Waals surface area contributed by atoms with Crippen molar-refractivity contribution in [1.29, 1.82) is 0 Å². The molecule has 0 fully saturated rings. The van der Waals surface area contributed by atoms with Gasteiger partial charge in [-0.05, 0) is 61.3 Å². The normalized spacial score (nSPS) is 12.2. The van der Waals surface area contributed by atoms with Crippen molar-refractivity contribution >= 4 is 12.2 Å². The summed E-state index contributed by atoms with van der Waals surface area (Å²) in [6, 6.07) is 5.95. The van der Waals surface area contributed by atoms with Gasteiger partial charge in [0.05, 0.1) is 0 Å². The van der Waals surface area contributed by atoms with Gasteiger partial charge in [0, 0.05) is 0 Å². The van der Waals surface area contributed by atoms with Crippen LogP contribution in [0.3, 0.4) is 0 Å². The fraction of sp³-hybridized carbons (Fsp3) is 0.130. The Balaban J connectivity index is 3.13. The van der Waals surface area contributed by atoms with Crippen LogP contribution in [0.2, 0.25) is 0 Å². The van der Waals surface area contributed by atoms with Gasteiger partial charge in [-0.2, -0.15) is 0 Å². The monoisotopic (exact) mass is 318 g/mol. The van der Waals surface area contributed by atoms with E-state index in [4.69, 9.17) is 4.74 Å². The summed E-state index contributed by atoms with van der Waals surface area (Å²) < 4.78 is 6.04. The van der Waals surface area contributed by atoms with Crippen LogP contribution in [0.15, 0.2) is 91.8 Å². The molecule has 1 aromatic carbocycles. The van der Waals surface area contributed by atoms with E-state index in [1.54, 1.807) is 0 Å². The third kappa shape index (κ3) is 6.53. The maximum absolute atomic E-state index is 6.04. The first-order chi connectivity index (χ1) is 11.6. The first-order valence-corrected chi connectivity index (χ1v) is 8.02. The zero-order chi connectivity index (χ0) is 17.8. The zero-order valence-electron chi connectivity index (χ0n) is 14.7. The molecule has 1 rings (SSSR count). The Hall–Kier alpha value is -2.80. The van der Waals surface area contributed by atoms with Gasteiger partial charge in [0.2, 0.25) is 0 Å². The Morgan fingerprint density at radius 1 is 1.08 bits per heavy atom. The van der Waals surface area contributed by atoms with E-state index >= 15 is 0 Å². The SMILES string of the molecule is C=CC/C=C\C(=C/C(=C)/C=C\C)Oc1ccc(C=C)c(/C=C\C)c1. The molecule has 124 valence electrons. The lowest BCUT2D eigenvalue weighted by Gasteiger charge is -2.10. The third-order valence-electron chi connectivity index (χ3n) is 3.15. The maximum atomic E-state index is 6.04. The molecular weight excluding hydrogens is 292 g/mol. The van der Waals surface area contributed by atoms with E-state index in [9.17, 15) is 0 Å². The second-order valence-corrected chi connectivity index (χ2v) is 5.15. The Morgan fingerprint density at radius 3 is 2.50 bits per heavy atom. The third-order valence-corrected chi connectivity index (χ3v) is 3.15. The summed E-state index contributed by atoms with van der Waals surface area (Å²) in [6.07, 6.45) is 18.3. The molecule has 1 aromatic rings. The van der Waals surface area contributed by atoms with E-state index < -0.39 is 0 Å². The lowest BCUT2D eigenvalue weighted by Crippen LogP contribution is -1.94. The molecule has 1 heteroatoms. The smallest absolute Gasteiger partial charge is 0.128 e. The average molecular weight is 318 g/mol. The van der Waals surface area contributed by atoms with Gasteiger partial charge in [-0.25, -0.2) is 0 Å². The molecule has 0 bridgehead atoms. The maximum Gasteiger partial charge on any atom is 0.128 e. The molecule has 0 saturated carbocycles. The topological polar surface area (TPSA) is 9.23 Å². The van der Waals surface area contributed by atoms with Crippen LogP contribution in [0.25, 0.3) is 12.2 Å². The van der Waals surface area contributed by atoms with E-state index in [0.717, 1.165) is 34.6 Å². The van der Waals surface area contributed by atoms with Crippen LogP contribution in [0.4, 0.5) is 0 Å². The van der Waals surface area contributed by atoms with Crippen molar-refractivity contribution in [3.05, 3.63) is 103 Å². The quantitative estimate of drug-likeness (QED) is 0.273. The van der Waals surface area contributed by atoms with Gasteiger partial charge in [0.15, 0.2) is 0 Å². The molecule has 0 atom stereocenters. The fourth-order valence-corrected chi connectivity index (χ4v) is 2.10. The lowest BCUT2D eigenvalue weighted by molar-refractivity contribution is 0.444. The van der Waals surface area contributed by atoms with Crippen molar-refractivity contribution in [1.82, 2.24) is 0 Å². The molecule has 0 N–H and O–H groups in total. The number of hydrogen-bond acceptors (Lipinski definition) is 1. The minimum absolute atomic E-state index is 0.734. The summed E-state index contributed by atoms with van der Waals surface area (Å²) in [5, 5.41) is 0. The number of benzene rings is 1. The molecule has 0 aliphatic rings. The molecule has 0 unspecified atom stereocenters. The van der Waals surface area contributed by atoms with Gasteiger partial charge in [0.25, 0.3) is 0 Å². The second kappa shape index (κ2) is 10.8. The van der Waals surface area contributed by atoms with E-state index in [1.807, 2.05) is 86.7 Å². The van der Waals surface area contributed by atoms with Crippen molar-refractivity contribution in [2.75, 3.05) is 0 Å². The van der Waals surface area contributed by atoms with Gasteiger partial charge >= 0.3 is 0 Å². The first kappa shape index (κ1) is 19.2. The molecule has 0 heterocycles. The Morgan fingerprint density at radius 2 is 1.88 bits per heavy atom. The Bertz CT molecular complexity index is 697. The minimum atomic E-state index is 0.734. The Labute approximate surface area is 146 Å². The number of allylic oxidation sites excluding steroid dienone is 8. The molecule has 0 aliphatic carbocycles. The molecule has 24 heavy (non-hydrogen) atoms. The van der Waals surface area contributed by atoms with Gasteiger partial charge in [-0.3, -0.25) is 0 Å². The Kier molecular flexibility index (Phi) is 8.70. The van der Waals surface area contributed by atoms with Gasteiger partial charge < -0.3 is 4.74 Å². The van der Waals surface area contributed by atoms with E-state index in [2.05, 4.69) is 19.7 Å². The minimum Gasteiger partial charge on any atom is -0.457 e. The predicted molar refractivity (Wildman–Crippen MR) is 108 cm³/mol. The van der Waals surface area contributed by atoms with Gasteiger partial charge in [-0.15, -0.1) is 6.58 Å². The van der Waals surface area contributed by atoms with Crippen molar-refractivity contribution in [2.45, 2.75) is 20.3 Å². The molecule has 0 saturated heterocycles. The van der Waals surface area contributed by atoms with Crippen LogP contribution in [0.1, 0.15) is 31.4 Å². The van der Waals surface area contributed by atoms with Crippen LogP contribution in [0.5, 0.6) is 5.75 Å². The molecule has 0 radical (unpaired) electrons. The molecule has 0 aliphatic heterocycles. The van der Waals surface area contributed by atoms with Gasteiger partial charge in [0.1, 0.15) is 11.5 Å². The second-order valence-electron chi connectivity index (χ2n) is 5.15. The summed E-state index contributed by atoms with van der Waals surface area (Å²) in [4.78, 5) is 0. The standard InChI is InChI=1S/C23H26O/c1-6-10-11-14-22(17-19(5)12-7-2)24-23-16-15-20(9-4)21(18-23)13-8-3/h6-9,11-18H,1,4-5,10H2,2-3H3/b12-7-,13-8-,14-11-,22-17+. The van der Waals surface area contributed by atoms with Crippen molar-refractivity contribution in [2.24, 2.45) is 0 Å². The molecule has 1 nitrogen and oxygen atoms in total. The molecule has 0 amide bonds. The van der Waals surface area contributed by atoms with Gasteiger partial charge in [-0.1, -0.05) is 61.8 Å². The summed E-state index contributed by atoms with van der Waals surface area (Å²) in [7, 11) is 0. The lowest BCUT2D eigenvalue weighted by atomic mass is 10.1. The number of hydrogen-bond donors (Lipinski definition) is 0. The summed E-state index contributed by atoms with van der Waals surface area (Å²) in [6.45, 7) is 15.5. The van der Waals surface area contributed by atoms with Crippen LogP contribution in [-0.2, 0) is 0 Å². The van der Waals surface area contributed by atoms with E-state index in [1.165, 1.54) is 0 Å². The van der Waals surface area contributed by atoms with Crippen LogP contribution >= 0.6 is 0 Å². The van der Waals surface area contributed by atoms with E-state index in [-0.39, 0.29) is 0 Å². The highest BCUT2D eigenvalue weighted by molar-refractivity contribution is 5.66. The average Bonchev–Trinajstić information content (AvgIpc) is 2.56. The fourth-order valence-electron chi connectivity index (χ4n) is 2.10. The zero-order valence-corrected chi connectivity index (χ0v) is 14.7. The van der Waals surface area contributed by atoms with Crippen LogP contribution in [-0.4, -0.2) is 0 Å². The first-order valence-electron chi connectivity index (χ1n) is 8.02. The summed E-state index contributed by atoms with van der Waals surface area (Å²) >= 11 is 0. The summed E-state index contributed by atoms with van der Waals surface area (Å²) in [5.41, 5.74) is 3.03. The molecular formula is C23H26O. The van der Waals surface area contributed by atoms with Crippen molar-refractivity contribution in [3.63, 3.8) is 0 Å². The van der Waals surface area contributed by atoms with Crippen molar-refractivity contribution in [3.8, 4) is 5.75 Å². The largest absolute Gasteiger partial charge is 0.457 e. The molecule has 0 spiro atoms. The number of rotatable bonds is 9. The highest BCUT2D eigenvalue weighted by Gasteiger charge is 2.02. The summed E-state index contributed by atoms with van der Waals surface area (Å²) in [5.74, 6) is 1.51. The van der Waals surface area contributed by atoms with E-state index in [0.29, 0.717) is 0 Å². The van der Waals surface area contributed by atoms with Crippen molar-refractivity contribution < 1.29 is 4.74 Å². The van der Waals surface area contributed by atoms with Crippen LogP contribution in [0, 0.1) is 0 Å². The van der Waals surface area contributed by atoms with Crippen LogP contribution < -0.4 is 4.74 Å². The predicted octanol–water partition coefficient (Wildman–Crippen LogP) is 6.89. The highest BCUT2D eigenvalue weighted by Crippen LogP contribution is 2.23. The highest BCUT2D eigenvalue weighted by atomic mass is 16.5. The molecule has 0 aromatic heterocycles. The number of ether oxygens (including phenoxy) is 1.